The van der Waals surface area contributed by atoms with Crippen molar-refractivity contribution < 1.29 is 95.9 Å². The third kappa shape index (κ3) is 9.89. The van der Waals surface area contributed by atoms with Crippen LogP contribution in [0.2, 0.25) is 0 Å². The monoisotopic (exact) mass is 1150 g/mol. The number of hydrogen-bond donors (Lipinski definition) is 3. The van der Waals surface area contributed by atoms with Gasteiger partial charge in [0.15, 0.2) is 17.4 Å². The van der Waals surface area contributed by atoms with Crippen LogP contribution >= 0.6 is 0 Å². The molecule has 0 saturated carbocycles. The van der Waals surface area contributed by atoms with Crippen LogP contribution in [-0.2, 0) is 80.6 Å². The summed E-state index contributed by atoms with van der Waals surface area (Å²) in [7, 11) is 1.40. The normalized spacial score (nSPS) is 56.4. The van der Waals surface area contributed by atoms with Crippen LogP contribution in [0.3, 0.4) is 0 Å². The molecule has 16 aliphatic heterocycles. The van der Waals surface area contributed by atoms with Gasteiger partial charge >= 0.3 is 5.97 Å². The smallest absolute Gasteiger partial charge is 0.308 e. The molecule has 0 radical (unpaired) electrons. The first-order valence-electron chi connectivity index (χ1n) is 31.8. The summed E-state index contributed by atoms with van der Waals surface area (Å²) in [5.41, 5.74) is 2.14. The Kier molecular flexibility index (Phi) is 14.9. The fourth-order valence-electron chi connectivity index (χ4n) is 18.5. The lowest BCUT2D eigenvalue weighted by atomic mass is 9.78. The second-order valence-electron chi connectivity index (χ2n) is 28.2. The highest BCUT2D eigenvalue weighted by Gasteiger charge is 2.70. The van der Waals surface area contributed by atoms with Gasteiger partial charge < -0.3 is 91.1 Å². The van der Waals surface area contributed by atoms with Crippen LogP contribution in [0.1, 0.15) is 143 Å². The Balaban J connectivity index is 0.535. The van der Waals surface area contributed by atoms with Crippen molar-refractivity contribution in [2.75, 3.05) is 13.7 Å². The van der Waals surface area contributed by atoms with Gasteiger partial charge in [0.1, 0.15) is 36.6 Å². The lowest BCUT2D eigenvalue weighted by molar-refractivity contribution is -0.369. The average molecular weight is 1160 g/mol. The number of hydrogen-bond acceptors (Lipinski definition) is 20. The van der Waals surface area contributed by atoms with Crippen LogP contribution in [0.25, 0.3) is 0 Å². The number of aliphatic hydroxyl groups excluding tert-OH is 3. The first-order valence-corrected chi connectivity index (χ1v) is 31.8. The van der Waals surface area contributed by atoms with Gasteiger partial charge in [-0.1, -0.05) is 40.9 Å². The minimum atomic E-state index is -0.934. The molecule has 16 aliphatic rings. The predicted octanol–water partition coefficient (Wildman–Crippen LogP) is 4.94. The minimum Gasteiger partial charge on any atom is -0.469 e. The molecule has 3 N–H and O–H groups in total. The predicted molar refractivity (Wildman–Crippen MR) is 285 cm³/mol. The Morgan fingerprint density at radius 2 is 1.28 bits per heavy atom. The molecule has 0 aromatic rings. The van der Waals surface area contributed by atoms with Gasteiger partial charge in [-0.25, -0.2) is 0 Å². The van der Waals surface area contributed by atoms with E-state index in [0.29, 0.717) is 64.2 Å². The maximum Gasteiger partial charge on any atom is 0.308 e. The van der Waals surface area contributed by atoms with E-state index in [2.05, 4.69) is 40.9 Å². The molecule has 16 fully saturated rings. The molecule has 0 aromatic carbocycles. The number of esters is 1. The summed E-state index contributed by atoms with van der Waals surface area (Å²) in [5.74, 6) is -2.38. The molecule has 82 heavy (non-hydrogen) atoms. The zero-order chi connectivity index (χ0) is 56.3. The fourth-order valence-corrected chi connectivity index (χ4v) is 18.5. The van der Waals surface area contributed by atoms with Gasteiger partial charge in [-0.2, -0.15) is 0 Å². The first kappa shape index (κ1) is 56.7. The molecule has 20 heteroatoms. The minimum absolute atomic E-state index is 0.0130. The third-order valence-corrected chi connectivity index (χ3v) is 22.6. The number of rotatable bonds is 12. The molecule has 0 aromatic heterocycles. The first-order chi connectivity index (χ1) is 39.4. The fraction of sp³-hybridized carbons (Fsp3) is 0.919. The molecule has 0 amide bonds. The number of methoxy groups -OCH3 is 1. The van der Waals surface area contributed by atoms with Crippen LogP contribution in [0.4, 0.5) is 0 Å². The largest absolute Gasteiger partial charge is 0.469 e. The summed E-state index contributed by atoms with van der Waals surface area (Å²) < 4.78 is 107. The number of carbonyl (C=O) groups is 1. The summed E-state index contributed by atoms with van der Waals surface area (Å²) in [6.07, 6.45) is 4.90. The standard InChI is InChI=1S/C62H90O20/c1-27-14-33(8-10-37-28(2)15-35(68-37)12-13-60-24-48-56(81-60)57-58(76-48)59(82-60)55-38(73-57)11-9-34(70-55)16-50(65)67-7)69-39(31(27)5)17-44-51(66)32(6)54-45(72-44)20-43-47(75-54)23-62(77-43)25-49-53(80-62)30(4)22-61(79-49)21-29(3)52-46(78-61)19-41-42(74-52)18-40(71-41)36(64)26-63/h27,29-30,32-49,51-59,63-64,66H,2,5,8-26H2,1,3-4,6-7H3/t27-,29+,30+,32-,33+,34-,35+,36?,37+,38+,39?,40?,41-,42-,43-,44+,45+,46+,47-,48?,49+,51-,52+,53+,54+,55+,56+,57?,58+,59-,60+,61-,62+/m1/s1. The van der Waals surface area contributed by atoms with Crippen molar-refractivity contribution in [1.29, 1.82) is 0 Å². The van der Waals surface area contributed by atoms with Crippen LogP contribution in [-0.4, -0.2) is 211 Å². The highest BCUT2D eigenvalue weighted by atomic mass is 16.8. The lowest BCUT2D eigenvalue weighted by Crippen LogP contribution is -2.62. The second-order valence-corrected chi connectivity index (χ2v) is 28.2. The molecule has 16 heterocycles. The van der Waals surface area contributed by atoms with Gasteiger partial charge in [-0.3, -0.25) is 4.79 Å². The Morgan fingerprint density at radius 1 is 0.585 bits per heavy atom. The van der Waals surface area contributed by atoms with Gasteiger partial charge in [-0.05, 0) is 73.8 Å². The van der Waals surface area contributed by atoms with E-state index in [-0.39, 0.29) is 177 Å². The molecule has 2 spiro atoms. The van der Waals surface area contributed by atoms with E-state index >= 15 is 0 Å². The van der Waals surface area contributed by atoms with Crippen LogP contribution < -0.4 is 0 Å². The third-order valence-electron chi connectivity index (χ3n) is 22.6. The van der Waals surface area contributed by atoms with E-state index < -0.39 is 41.8 Å². The van der Waals surface area contributed by atoms with Gasteiger partial charge in [0.05, 0.1) is 142 Å². The van der Waals surface area contributed by atoms with Gasteiger partial charge in [0, 0.05) is 70.1 Å². The lowest BCUT2D eigenvalue weighted by Gasteiger charge is -2.54. The molecule has 33 atom stereocenters. The average Bonchev–Trinajstić information content (AvgIpc) is 2.88. The van der Waals surface area contributed by atoms with Crippen LogP contribution in [0, 0.1) is 23.7 Å². The Bertz CT molecular complexity index is 2410. The number of aliphatic hydroxyl groups is 3. The molecule has 458 valence electrons. The molecule has 20 nitrogen and oxygen atoms in total. The van der Waals surface area contributed by atoms with Crippen LogP contribution in [0.5, 0.6) is 0 Å². The number of fused-ring (bicyclic) bond motifs is 6. The highest BCUT2D eigenvalue weighted by Crippen LogP contribution is 2.58. The molecular weight excluding hydrogens is 1060 g/mol. The van der Waals surface area contributed by atoms with Crippen molar-refractivity contribution >= 4 is 5.97 Å². The van der Waals surface area contributed by atoms with Crippen molar-refractivity contribution in [3.05, 3.63) is 24.3 Å². The molecular formula is C62H90O20. The Morgan fingerprint density at radius 3 is 2.11 bits per heavy atom. The van der Waals surface area contributed by atoms with E-state index in [1.165, 1.54) is 7.11 Å². The maximum absolute atomic E-state index is 12.2. The molecule has 6 bridgehead atoms. The summed E-state index contributed by atoms with van der Waals surface area (Å²) in [4.78, 5) is 12.2. The summed E-state index contributed by atoms with van der Waals surface area (Å²) >= 11 is 0. The quantitative estimate of drug-likeness (QED) is 0.174. The van der Waals surface area contributed by atoms with E-state index in [1.807, 2.05) is 0 Å². The van der Waals surface area contributed by atoms with Gasteiger partial charge in [0.25, 0.3) is 0 Å². The SMILES string of the molecule is C=C1C(C[C@@H]2O[C@H]3C[C@H]4O[C@@]5(C[C@@H]6O[C@]7(C[C@H](C)[C@@H]8O[C@@H]9CC(C(O)CO)O[C@@H]9C[C@@H]8O7)C[C@H](C)[C@@H]6O5)C[C@H]4O[C@H]3[C@H](C)[C@H]2O)O[C@@H](CC[C@@H]2O[C@@H](CC[C@@]34CC5O[C@H]6C(O[C@H]7CC[C@H](CC(=O)OC)O[C@@H]7[C@H]6O3)[C@H]5O4)CC2=C)C[C@H]1C. The second kappa shape index (κ2) is 21.5. The summed E-state index contributed by atoms with van der Waals surface area (Å²) in [6.45, 7) is 17.4. The van der Waals surface area contributed by atoms with Crippen molar-refractivity contribution in [2.24, 2.45) is 23.7 Å². The molecule has 16 rings (SSSR count). The highest BCUT2D eigenvalue weighted by molar-refractivity contribution is 5.69. The van der Waals surface area contributed by atoms with E-state index in [9.17, 15) is 20.1 Å². The topological polar surface area (TPSA) is 225 Å². The number of ether oxygens (including phenoxy) is 16. The van der Waals surface area contributed by atoms with E-state index in [4.69, 9.17) is 75.8 Å². The zero-order valence-corrected chi connectivity index (χ0v) is 48.5. The Hall–Kier alpha value is -1.77. The van der Waals surface area contributed by atoms with Gasteiger partial charge in [-0.15, -0.1) is 0 Å². The van der Waals surface area contributed by atoms with E-state index in [1.54, 1.807) is 0 Å². The van der Waals surface area contributed by atoms with Crippen molar-refractivity contribution in [3.63, 3.8) is 0 Å². The summed E-state index contributed by atoms with van der Waals surface area (Å²) in [6, 6.07) is 0. The van der Waals surface area contributed by atoms with E-state index in [0.717, 1.165) is 56.1 Å². The molecule has 0 aliphatic carbocycles. The van der Waals surface area contributed by atoms with Gasteiger partial charge in [0.2, 0.25) is 0 Å². The van der Waals surface area contributed by atoms with Crippen molar-refractivity contribution in [2.45, 2.75) is 319 Å². The molecule has 16 saturated heterocycles. The Labute approximate surface area is 481 Å². The summed E-state index contributed by atoms with van der Waals surface area (Å²) in [5, 5.41) is 31.9. The van der Waals surface area contributed by atoms with Crippen molar-refractivity contribution in [3.8, 4) is 0 Å². The zero-order valence-electron chi connectivity index (χ0n) is 48.5. The number of carbonyl (C=O) groups excluding carboxylic acids is 1. The molecule has 5 unspecified atom stereocenters. The maximum atomic E-state index is 12.2. The van der Waals surface area contributed by atoms with Crippen LogP contribution in [0.15, 0.2) is 24.3 Å². The van der Waals surface area contributed by atoms with Crippen molar-refractivity contribution in [1.82, 2.24) is 0 Å².